The van der Waals surface area contributed by atoms with Gasteiger partial charge < -0.3 is 24.9 Å². The van der Waals surface area contributed by atoms with E-state index in [-0.39, 0.29) is 22.4 Å². The van der Waals surface area contributed by atoms with Crippen LogP contribution in [0.5, 0.6) is 0 Å². The number of aromatic carboxylic acids is 1. The molecule has 0 amide bonds. The molecule has 1 fully saturated rings. The maximum atomic E-state index is 15.3. The number of fused-ring (bicyclic) bond motifs is 4. The number of H-pyrrole nitrogens is 1. The van der Waals surface area contributed by atoms with Gasteiger partial charge in [0.2, 0.25) is 5.43 Å². The molecule has 0 bridgehead atoms. The summed E-state index contributed by atoms with van der Waals surface area (Å²) < 4.78 is 31.7. The van der Waals surface area contributed by atoms with Crippen LogP contribution in [-0.2, 0) is 6.54 Å². The molecular formula is C30H31F2N7O3. The molecule has 5 heterocycles. The predicted molar refractivity (Wildman–Crippen MR) is 160 cm³/mol. The Morgan fingerprint density at radius 2 is 2.00 bits per heavy atom. The van der Waals surface area contributed by atoms with Crippen molar-refractivity contribution >= 4 is 50.3 Å². The zero-order chi connectivity index (χ0) is 29.9. The number of aromatic nitrogens is 4. The molecule has 1 atom stereocenters. The summed E-state index contributed by atoms with van der Waals surface area (Å²) in [6.07, 6.45) is 6.59. The second-order valence-corrected chi connectivity index (χ2v) is 10.8. The van der Waals surface area contributed by atoms with Gasteiger partial charge in [-0.15, -0.1) is 0 Å². The van der Waals surface area contributed by atoms with Crippen LogP contribution in [0.3, 0.4) is 0 Å². The summed E-state index contributed by atoms with van der Waals surface area (Å²) in [5, 5.41) is 13.3. The van der Waals surface area contributed by atoms with E-state index in [4.69, 9.17) is 0 Å². The minimum atomic E-state index is -1.31. The van der Waals surface area contributed by atoms with Crippen molar-refractivity contribution in [3.8, 4) is 11.1 Å². The molecule has 4 aromatic heterocycles. The topological polar surface area (TPSA) is 119 Å². The van der Waals surface area contributed by atoms with Gasteiger partial charge in [0.25, 0.3) is 0 Å². The number of hydrogen-bond donors (Lipinski definition) is 3. The second kappa shape index (κ2) is 10.4. The van der Waals surface area contributed by atoms with Gasteiger partial charge in [-0.2, -0.15) is 0 Å². The summed E-state index contributed by atoms with van der Waals surface area (Å²) in [6.45, 7) is 4.44. The third-order valence-electron chi connectivity index (χ3n) is 8.25. The highest BCUT2D eigenvalue weighted by molar-refractivity contribution is 6.18. The summed E-state index contributed by atoms with van der Waals surface area (Å²) in [7, 11) is 5.17. The lowest BCUT2D eigenvalue weighted by Gasteiger charge is -2.24. The van der Waals surface area contributed by atoms with Gasteiger partial charge in [0, 0.05) is 69.5 Å². The van der Waals surface area contributed by atoms with Gasteiger partial charge in [0.15, 0.2) is 11.6 Å². The minimum Gasteiger partial charge on any atom is -0.477 e. The second-order valence-electron chi connectivity index (χ2n) is 10.8. The van der Waals surface area contributed by atoms with E-state index in [0.29, 0.717) is 51.2 Å². The van der Waals surface area contributed by atoms with E-state index in [1.807, 2.05) is 0 Å². The van der Waals surface area contributed by atoms with Gasteiger partial charge in [-0.1, -0.05) is 6.92 Å². The Balaban J connectivity index is 1.60. The first-order valence-electron chi connectivity index (χ1n) is 13.8. The summed E-state index contributed by atoms with van der Waals surface area (Å²) in [5.74, 6) is -3.31. The van der Waals surface area contributed by atoms with Crippen LogP contribution in [0.4, 0.5) is 20.2 Å². The summed E-state index contributed by atoms with van der Waals surface area (Å²) in [6, 6.07) is 2.91. The van der Waals surface area contributed by atoms with Gasteiger partial charge in [0.1, 0.15) is 16.9 Å². The molecule has 3 N–H and O–H groups in total. The maximum absolute atomic E-state index is 15.3. The summed E-state index contributed by atoms with van der Waals surface area (Å²) in [5.41, 5.74) is 2.08. The SMILES string of the molecule is CCN1CCCC1Cn1cc(C(=O)O)c(=O)c2cc(-c3cnc4[nH]c5c(NC)cc(F)c(F)c5c4c3N(C)C)cnc21. The van der Waals surface area contributed by atoms with E-state index >= 15 is 4.39 Å². The third kappa shape index (κ3) is 4.25. The molecule has 0 radical (unpaired) electrons. The van der Waals surface area contributed by atoms with Crippen molar-refractivity contribution in [3.05, 3.63) is 58.1 Å². The van der Waals surface area contributed by atoms with Crippen LogP contribution in [0.2, 0.25) is 0 Å². The fourth-order valence-electron chi connectivity index (χ4n) is 6.27. The highest BCUT2D eigenvalue weighted by Gasteiger charge is 2.26. The van der Waals surface area contributed by atoms with Crippen LogP contribution >= 0.6 is 0 Å². The van der Waals surface area contributed by atoms with Crippen LogP contribution in [0.15, 0.2) is 35.5 Å². The Bertz CT molecular complexity index is 1950. The van der Waals surface area contributed by atoms with Crippen molar-refractivity contribution in [2.24, 2.45) is 0 Å². The van der Waals surface area contributed by atoms with E-state index in [0.717, 1.165) is 32.0 Å². The number of rotatable bonds is 7. The molecule has 1 aliphatic rings. The van der Waals surface area contributed by atoms with E-state index in [9.17, 15) is 19.1 Å². The zero-order valence-electron chi connectivity index (χ0n) is 23.8. The van der Waals surface area contributed by atoms with Gasteiger partial charge in [-0.3, -0.25) is 9.69 Å². The standard InChI is InChI=1S/C30H31F2N7O3/c1-5-38-8-6-7-16(38)13-39-14-19(30(41)42)27(40)17-9-15(11-35-29(17)39)18-12-34-28-23(26(18)37(3)4)22-24(32)20(31)10-21(33-2)25(22)36-28/h9-12,14,16,33H,5-8,13H2,1-4H3,(H,34,36)(H,41,42). The third-order valence-corrected chi connectivity index (χ3v) is 8.25. The molecule has 0 saturated carbocycles. The number of aromatic amines is 1. The van der Waals surface area contributed by atoms with Crippen LogP contribution in [-0.4, -0.2) is 75.8 Å². The molecule has 6 rings (SSSR count). The predicted octanol–water partition coefficient (Wildman–Crippen LogP) is 4.66. The molecule has 0 aliphatic carbocycles. The maximum Gasteiger partial charge on any atom is 0.341 e. The number of carbonyl (C=O) groups is 1. The number of anilines is 2. The Hall–Kier alpha value is -4.58. The summed E-state index contributed by atoms with van der Waals surface area (Å²) in [4.78, 5) is 41.9. The fourth-order valence-corrected chi connectivity index (χ4v) is 6.27. The van der Waals surface area contributed by atoms with Gasteiger partial charge >= 0.3 is 5.97 Å². The van der Waals surface area contributed by atoms with Crippen molar-refractivity contribution in [1.29, 1.82) is 0 Å². The van der Waals surface area contributed by atoms with Crippen molar-refractivity contribution in [2.75, 3.05) is 44.4 Å². The smallest absolute Gasteiger partial charge is 0.341 e. The Morgan fingerprint density at radius 1 is 1.21 bits per heavy atom. The minimum absolute atomic E-state index is 0.0497. The number of carboxylic acid groups (broad SMARTS) is 1. The van der Waals surface area contributed by atoms with Crippen molar-refractivity contribution < 1.29 is 18.7 Å². The number of likely N-dealkylation sites (tertiary alicyclic amines) is 1. The zero-order valence-corrected chi connectivity index (χ0v) is 23.8. The molecule has 1 unspecified atom stereocenters. The normalized spacial score (nSPS) is 15.7. The van der Waals surface area contributed by atoms with Crippen LogP contribution < -0.4 is 15.6 Å². The van der Waals surface area contributed by atoms with E-state index in [1.54, 1.807) is 49.1 Å². The number of halogens is 2. The van der Waals surface area contributed by atoms with Crippen molar-refractivity contribution in [1.82, 2.24) is 24.4 Å². The first-order chi connectivity index (χ1) is 20.1. The first-order valence-corrected chi connectivity index (χ1v) is 13.8. The monoisotopic (exact) mass is 575 g/mol. The van der Waals surface area contributed by atoms with E-state index < -0.39 is 23.0 Å². The first kappa shape index (κ1) is 27.6. The van der Waals surface area contributed by atoms with Gasteiger partial charge in [0.05, 0.1) is 33.1 Å². The molecule has 12 heteroatoms. The van der Waals surface area contributed by atoms with Crippen molar-refractivity contribution in [2.45, 2.75) is 32.4 Å². The molecule has 1 saturated heterocycles. The lowest BCUT2D eigenvalue weighted by Crippen LogP contribution is -2.33. The number of nitrogens with one attached hydrogen (secondary N) is 2. The number of nitrogens with zero attached hydrogens (tertiary/aromatic N) is 5. The number of benzene rings is 1. The summed E-state index contributed by atoms with van der Waals surface area (Å²) >= 11 is 0. The average molecular weight is 576 g/mol. The molecule has 1 aliphatic heterocycles. The van der Waals surface area contributed by atoms with Gasteiger partial charge in [-0.05, 0) is 32.0 Å². The molecular weight excluding hydrogens is 544 g/mol. The molecule has 10 nitrogen and oxygen atoms in total. The van der Waals surface area contributed by atoms with Gasteiger partial charge in [-0.25, -0.2) is 23.5 Å². The largest absolute Gasteiger partial charge is 0.477 e. The molecule has 42 heavy (non-hydrogen) atoms. The lowest BCUT2D eigenvalue weighted by molar-refractivity contribution is 0.0694. The average Bonchev–Trinajstić information content (AvgIpc) is 3.59. The van der Waals surface area contributed by atoms with Crippen LogP contribution in [0.25, 0.3) is 44.1 Å². The lowest BCUT2D eigenvalue weighted by atomic mass is 10.0. The molecule has 5 aromatic rings. The van der Waals surface area contributed by atoms with Crippen LogP contribution in [0, 0.1) is 11.6 Å². The Kier molecular flexibility index (Phi) is 6.80. The fraction of sp³-hybridized carbons (Fsp3) is 0.333. The number of likely N-dealkylation sites (N-methyl/N-ethyl adjacent to an activating group) is 1. The van der Waals surface area contributed by atoms with E-state index in [1.165, 1.54) is 6.20 Å². The Morgan fingerprint density at radius 3 is 2.69 bits per heavy atom. The number of carboxylic acids is 1. The number of hydrogen-bond acceptors (Lipinski definition) is 7. The quantitative estimate of drug-likeness (QED) is 0.256. The highest BCUT2D eigenvalue weighted by atomic mass is 19.2. The molecule has 1 aromatic carbocycles. The molecule has 218 valence electrons. The Labute approximate surface area is 239 Å². The van der Waals surface area contributed by atoms with E-state index in [2.05, 4.69) is 32.1 Å². The van der Waals surface area contributed by atoms with Crippen molar-refractivity contribution in [3.63, 3.8) is 0 Å². The number of pyridine rings is 3. The highest BCUT2D eigenvalue weighted by Crippen LogP contribution is 2.42. The molecule has 0 spiro atoms. The van der Waals surface area contributed by atoms with Crippen LogP contribution in [0.1, 0.15) is 30.1 Å².